The van der Waals surface area contributed by atoms with Crippen LogP contribution in [0.15, 0.2) is 68.9 Å². The third kappa shape index (κ3) is 11.1. The van der Waals surface area contributed by atoms with Crippen molar-refractivity contribution in [2.45, 2.75) is 0 Å². The molecule has 0 saturated heterocycles. The SMILES string of the molecule is N/C([S-])=N/N=C/c1ccccc1F.N/C([S-])=N/N=C/c1ccccc1F.[Pd+2]. The van der Waals surface area contributed by atoms with Gasteiger partial charge in [-0.2, -0.15) is 20.4 Å². The summed E-state index contributed by atoms with van der Waals surface area (Å²) in [5, 5.41) is 13.6. The van der Waals surface area contributed by atoms with Gasteiger partial charge >= 0.3 is 20.4 Å². The first-order chi connectivity index (χ1) is 12.4. The van der Waals surface area contributed by atoms with Gasteiger partial charge in [0, 0.05) is 11.1 Å². The molecule has 0 unspecified atom stereocenters. The monoisotopic (exact) mass is 498 g/mol. The zero-order valence-corrected chi connectivity index (χ0v) is 16.8. The summed E-state index contributed by atoms with van der Waals surface area (Å²) in [4.78, 5) is 0. The third-order valence-corrected chi connectivity index (χ3v) is 2.68. The molecule has 0 amide bonds. The van der Waals surface area contributed by atoms with Crippen LogP contribution in [0.25, 0.3) is 0 Å². The summed E-state index contributed by atoms with van der Waals surface area (Å²) < 4.78 is 25.8. The van der Waals surface area contributed by atoms with E-state index < -0.39 is 0 Å². The van der Waals surface area contributed by atoms with Crippen LogP contribution >= 0.6 is 0 Å². The molecule has 0 aliphatic heterocycles. The molecule has 2 rings (SSSR count). The van der Waals surface area contributed by atoms with Gasteiger partial charge in [-0.25, -0.2) is 8.78 Å². The fourth-order valence-corrected chi connectivity index (χ4v) is 1.55. The fraction of sp³-hybridized carbons (Fsp3) is 0. The first-order valence-corrected chi connectivity index (χ1v) is 7.78. The molecule has 0 bridgehead atoms. The average molecular weight is 499 g/mol. The summed E-state index contributed by atoms with van der Waals surface area (Å²) in [6, 6.07) is 12.4. The van der Waals surface area contributed by atoms with E-state index in [1.807, 2.05) is 0 Å². The van der Waals surface area contributed by atoms with Crippen LogP contribution in [0, 0.1) is 11.6 Å². The first-order valence-electron chi connectivity index (χ1n) is 6.96. The van der Waals surface area contributed by atoms with E-state index in [1.54, 1.807) is 36.4 Å². The minimum Gasteiger partial charge on any atom is -0.741 e. The minimum atomic E-state index is -0.357. The van der Waals surface area contributed by atoms with Crippen molar-refractivity contribution in [3.8, 4) is 0 Å². The second kappa shape index (κ2) is 13.8. The number of halogens is 2. The van der Waals surface area contributed by atoms with Gasteiger partial charge in [-0.3, -0.25) is 0 Å². The number of nitrogens with zero attached hydrogens (tertiary/aromatic N) is 4. The molecule has 0 radical (unpaired) electrons. The predicted octanol–water partition coefficient (Wildman–Crippen LogP) is 2.04. The maximum absolute atomic E-state index is 12.9. The van der Waals surface area contributed by atoms with Crippen LogP contribution in [0.5, 0.6) is 0 Å². The molecule has 0 aliphatic rings. The molecule has 0 aliphatic carbocycles. The van der Waals surface area contributed by atoms with E-state index in [4.69, 9.17) is 11.5 Å². The van der Waals surface area contributed by atoms with E-state index in [0.29, 0.717) is 11.1 Å². The summed E-state index contributed by atoms with van der Waals surface area (Å²) in [7, 11) is 0. The third-order valence-electron chi connectivity index (χ3n) is 2.52. The van der Waals surface area contributed by atoms with Crippen LogP contribution in [0.3, 0.4) is 0 Å². The van der Waals surface area contributed by atoms with Crippen molar-refractivity contribution in [3.05, 3.63) is 71.3 Å². The molecule has 0 aromatic heterocycles. The fourth-order valence-electron chi connectivity index (χ4n) is 1.46. The topological polar surface area (TPSA) is 101 Å². The van der Waals surface area contributed by atoms with Gasteiger partial charge in [0.05, 0.1) is 12.4 Å². The number of amidine groups is 2. The smallest absolute Gasteiger partial charge is 0.741 e. The Morgan fingerprint density at radius 2 is 1.07 bits per heavy atom. The average Bonchev–Trinajstić information content (AvgIpc) is 2.58. The zero-order valence-electron chi connectivity index (χ0n) is 13.6. The number of rotatable bonds is 4. The zero-order chi connectivity index (χ0) is 19.4. The molecule has 2 aromatic carbocycles. The van der Waals surface area contributed by atoms with E-state index in [1.165, 1.54) is 24.6 Å². The summed E-state index contributed by atoms with van der Waals surface area (Å²) in [5.41, 5.74) is 10.8. The van der Waals surface area contributed by atoms with Crippen LogP contribution in [-0.2, 0) is 45.7 Å². The molecule has 0 atom stereocenters. The molecule has 11 heteroatoms. The summed E-state index contributed by atoms with van der Waals surface area (Å²) in [6.45, 7) is 0. The number of hydrogen-bond acceptors (Lipinski definition) is 6. The van der Waals surface area contributed by atoms with Gasteiger partial charge in [0.25, 0.3) is 0 Å². The molecule has 6 nitrogen and oxygen atoms in total. The van der Waals surface area contributed by atoms with Crippen molar-refractivity contribution in [2.75, 3.05) is 0 Å². The Morgan fingerprint density at radius 3 is 1.37 bits per heavy atom. The van der Waals surface area contributed by atoms with Gasteiger partial charge in [0.2, 0.25) is 0 Å². The van der Waals surface area contributed by atoms with Crippen molar-refractivity contribution >= 4 is 48.0 Å². The Morgan fingerprint density at radius 1 is 0.741 bits per heavy atom. The Bertz CT molecular complexity index is 766. The van der Waals surface area contributed by atoms with Crippen LogP contribution in [-0.4, -0.2) is 22.8 Å². The molecule has 27 heavy (non-hydrogen) atoms. The number of hydrogen-bond donors (Lipinski definition) is 2. The molecule has 4 N–H and O–H groups in total. The quantitative estimate of drug-likeness (QED) is 0.221. The first kappa shape index (κ1) is 24.7. The number of benzene rings is 2. The number of nitrogens with two attached hydrogens (primary N) is 2. The maximum atomic E-state index is 12.9. The Balaban J connectivity index is 0.000000483. The largest absolute Gasteiger partial charge is 2.00 e. The van der Waals surface area contributed by atoms with Gasteiger partial charge in [0.1, 0.15) is 11.6 Å². The van der Waals surface area contributed by atoms with Crippen LogP contribution < -0.4 is 11.5 Å². The van der Waals surface area contributed by atoms with Gasteiger partial charge in [0.15, 0.2) is 0 Å². The molecule has 0 saturated carbocycles. The molecule has 0 heterocycles. The van der Waals surface area contributed by atoms with E-state index in [2.05, 4.69) is 45.7 Å². The normalized spacial score (nSPS) is 11.8. The summed E-state index contributed by atoms with van der Waals surface area (Å²) >= 11 is 8.89. The van der Waals surface area contributed by atoms with Crippen LogP contribution in [0.4, 0.5) is 8.78 Å². The van der Waals surface area contributed by atoms with Crippen LogP contribution in [0.2, 0.25) is 0 Å². The van der Waals surface area contributed by atoms with Crippen molar-refractivity contribution in [3.63, 3.8) is 0 Å². The van der Waals surface area contributed by atoms with Gasteiger partial charge in [-0.15, -0.1) is 0 Å². The van der Waals surface area contributed by atoms with Gasteiger partial charge < -0.3 is 36.7 Å². The van der Waals surface area contributed by atoms with Crippen molar-refractivity contribution < 1.29 is 29.2 Å². The standard InChI is InChI=1S/2C8H8FN3S.Pd/c2*9-7-4-2-1-3-6(7)5-11-12-8(10)13;/h2*1-5H,(H3,10,12,13);/q;;+2/p-2/b2*11-5+;. The van der Waals surface area contributed by atoms with Crippen LogP contribution in [0.1, 0.15) is 11.1 Å². The Kier molecular flexibility index (Phi) is 12.6. The van der Waals surface area contributed by atoms with E-state index in [-0.39, 0.29) is 42.4 Å². The van der Waals surface area contributed by atoms with E-state index >= 15 is 0 Å². The maximum Gasteiger partial charge on any atom is 2.00 e. The second-order valence-electron chi connectivity index (χ2n) is 4.41. The van der Waals surface area contributed by atoms with Crippen molar-refractivity contribution in [1.29, 1.82) is 0 Å². The second-order valence-corrected chi connectivity index (χ2v) is 5.25. The Labute approximate surface area is 180 Å². The van der Waals surface area contributed by atoms with E-state index in [0.717, 1.165) is 0 Å². The molecule has 144 valence electrons. The minimum absolute atomic E-state index is 0. The summed E-state index contributed by atoms with van der Waals surface area (Å²) in [5.74, 6) is -0.714. The van der Waals surface area contributed by atoms with E-state index in [9.17, 15) is 8.78 Å². The van der Waals surface area contributed by atoms with Gasteiger partial charge in [-0.1, -0.05) is 36.4 Å². The molecular weight excluding hydrogens is 485 g/mol. The molecule has 0 spiro atoms. The summed E-state index contributed by atoms with van der Waals surface area (Å²) in [6.07, 6.45) is 2.52. The molecule has 0 fully saturated rings. The van der Waals surface area contributed by atoms with Crippen molar-refractivity contribution in [2.24, 2.45) is 31.9 Å². The predicted molar refractivity (Wildman–Crippen MR) is 106 cm³/mol. The molecule has 2 aromatic rings. The van der Waals surface area contributed by atoms with Crippen molar-refractivity contribution in [1.82, 2.24) is 0 Å². The Hall–Kier alpha value is -2.32. The van der Waals surface area contributed by atoms with Gasteiger partial charge in [-0.05, 0) is 22.5 Å². The molecular formula is C16H14F2N6PdS2.